The summed E-state index contributed by atoms with van der Waals surface area (Å²) in [6.07, 6.45) is 4.90. The Balaban J connectivity index is 0.000000260. The fraction of sp³-hybridized carbons (Fsp3) is 0.706. The molecule has 1 aromatic heterocycles. The molecule has 150 valence electrons. The number of carboxylic acids is 1. The molecule has 0 aromatic carbocycles. The van der Waals surface area contributed by atoms with Gasteiger partial charge >= 0.3 is 12.1 Å². The summed E-state index contributed by atoms with van der Waals surface area (Å²) < 4.78 is 37.7. The molecule has 7 nitrogen and oxygen atoms in total. The average Bonchev–Trinajstić information content (AvgIpc) is 3.01. The second kappa shape index (κ2) is 8.39. The zero-order chi connectivity index (χ0) is 19.4. The number of hydrogen-bond donors (Lipinski definition) is 1. The highest BCUT2D eigenvalue weighted by Gasteiger charge is 2.41. The molecule has 3 heterocycles. The summed E-state index contributed by atoms with van der Waals surface area (Å²) in [5.74, 6) is -0.830. The van der Waals surface area contributed by atoms with Crippen molar-refractivity contribution in [2.75, 3.05) is 37.7 Å². The number of halogens is 3. The highest BCUT2D eigenvalue weighted by Crippen LogP contribution is 2.31. The molecule has 0 spiro atoms. The molecule has 2 atom stereocenters. The number of anilines is 1. The van der Waals surface area contributed by atoms with Gasteiger partial charge in [0.15, 0.2) is 0 Å². The first-order valence-corrected chi connectivity index (χ1v) is 9.01. The summed E-state index contributed by atoms with van der Waals surface area (Å²) in [6.45, 7) is 5.17. The van der Waals surface area contributed by atoms with E-state index in [2.05, 4.69) is 19.8 Å². The lowest BCUT2D eigenvalue weighted by molar-refractivity contribution is -0.192. The lowest BCUT2D eigenvalue weighted by Crippen LogP contribution is -2.51. The van der Waals surface area contributed by atoms with E-state index in [1.54, 1.807) is 12.4 Å². The van der Waals surface area contributed by atoms with Crippen LogP contribution in [0, 0.1) is 5.92 Å². The van der Waals surface area contributed by atoms with Gasteiger partial charge in [0.2, 0.25) is 0 Å². The molecule has 1 aromatic rings. The van der Waals surface area contributed by atoms with E-state index in [-0.39, 0.29) is 0 Å². The van der Waals surface area contributed by atoms with Crippen LogP contribution >= 0.6 is 0 Å². The third kappa shape index (κ3) is 5.07. The van der Waals surface area contributed by atoms with Gasteiger partial charge in [-0.2, -0.15) is 13.2 Å². The Morgan fingerprint density at radius 2 is 2.04 bits per heavy atom. The molecular weight excluding hydrogens is 365 g/mol. The van der Waals surface area contributed by atoms with Crippen molar-refractivity contribution in [1.82, 2.24) is 14.9 Å². The Labute approximate surface area is 155 Å². The SMILES string of the molecule is O=C(O)C(F)(F)F.c1cnc(N2CCO[C@H]3CN(CC4CCC4)C[C@H]32)cn1. The topological polar surface area (TPSA) is 78.8 Å². The molecule has 27 heavy (non-hydrogen) atoms. The molecule has 1 N–H and O–H groups in total. The third-order valence-corrected chi connectivity index (χ3v) is 5.20. The van der Waals surface area contributed by atoms with Crippen molar-refractivity contribution in [3.05, 3.63) is 18.6 Å². The van der Waals surface area contributed by atoms with Gasteiger partial charge in [0.25, 0.3) is 0 Å². The smallest absolute Gasteiger partial charge is 0.475 e. The molecule has 4 rings (SSSR count). The van der Waals surface area contributed by atoms with Gasteiger partial charge in [0.05, 0.1) is 24.9 Å². The minimum absolute atomic E-state index is 0.339. The van der Waals surface area contributed by atoms with Gasteiger partial charge < -0.3 is 14.7 Å². The molecule has 0 unspecified atom stereocenters. The standard InChI is InChI=1S/C15H22N4O.C2HF3O2/c1-2-12(3-1)9-18-10-13-14(11-18)20-7-6-19(13)15-8-16-4-5-17-15;3-2(4,5)1(6)7/h4-5,8,12-14H,1-3,6-7,9-11H2;(H,6,7)/t13-,14+;/m1./s1. The number of fused-ring (bicyclic) bond motifs is 1. The van der Waals surface area contributed by atoms with E-state index >= 15 is 0 Å². The van der Waals surface area contributed by atoms with Gasteiger partial charge in [-0.25, -0.2) is 9.78 Å². The minimum atomic E-state index is -5.08. The van der Waals surface area contributed by atoms with Crippen LogP contribution in [0.4, 0.5) is 19.0 Å². The maximum atomic E-state index is 10.6. The van der Waals surface area contributed by atoms with E-state index in [1.165, 1.54) is 25.8 Å². The molecule has 0 amide bonds. The Kier molecular flexibility index (Phi) is 6.15. The van der Waals surface area contributed by atoms with Crippen LogP contribution in [0.25, 0.3) is 0 Å². The maximum absolute atomic E-state index is 10.6. The summed E-state index contributed by atoms with van der Waals surface area (Å²) >= 11 is 0. The molecule has 2 aliphatic heterocycles. The highest BCUT2D eigenvalue weighted by molar-refractivity contribution is 5.73. The average molecular weight is 388 g/mol. The summed E-state index contributed by atoms with van der Waals surface area (Å²) in [5.41, 5.74) is 0. The predicted octanol–water partition coefficient (Wildman–Crippen LogP) is 1.80. The summed E-state index contributed by atoms with van der Waals surface area (Å²) in [5, 5.41) is 7.12. The van der Waals surface area contributed by atoms with Crippen LogP contribution in [0.5, 0.6) is 0 Å². The van der Waals surface area contributed by atoms with Crippen molar-refractivity contribution >= 4 is 11.8 Å². The largest absolute Gasteiger partial charge is 0.490 e. The number of hydrogen-bond acceptors (Lipinski definition) is 6. The molecule has 3 fully saturated rings. The number of carboxylic acid groups (broad SMARTS) is 1. The lowest BCUT2D eigenvalue weighted by Gasteiger charge is -2.37. The van der Waals surface area contributed by atoms with Gasteiger partial charge in [-0.1, -0.05) is 6.42 Å². The Hall–Kier alpha value is -1.94. The predicted molar refractivity (Wildman–Crippen MR) is 90.4 cm³/mol. The van der Waals surface area contributed by atoms with E-state index in [0.717, 1.165) is 38.0 Å². The van der Waals surface area contributed by atoms with E-state index < -0.39 is 12.1 Å². The number of likely N-dealkylation sites (tertiary alicyclic amines) is 1. The van der Waals surface area contributed by atoms with Crippen LogP contribution in [-0.4, -0.2) is 77.1 Å². The van der Waals surface area contributed by atoms with Gasteiger partial charge in [0, 0.05) is 38.6 Å². The quantitative estimate of drug-likeness (QED) is 0.846. The van der Waals surface area contributed by atoms with Crippen molar-refractivity contribution in [3.8, 4) is 0 Å². The first-order chi connectivity index (χ1) is 12.8. The Bertz CT molecular complexity index is 628. The summed E-state index contributed by atoms with van der Waals surface area (Å²) in [7, 11) is 0. The fourth-order valence-electron chi connectivity index (χ4n) is 3.68. The normalized spacial score (nSPS) is 26.0. The number of carbonyl (C=O) groups is 1. The van der Waals surface area contributed by atoms with E-state index in [0.29, 0.717) is 12.1 Å². The molecule has 2 saturated heterocycles. The van der Waals surface area contributed by atoms with Crippen molar-refractivity contribution in [3.63, 3.8) is 0 Å². The van der Waals surface area contributed by atoms with Gasteiger partial charge in [-0.3, -0.25) is 9.88 Å². The molecule has 0 bridgehead atoms. The summed E-state index contributed by atoms with van der Waals surface area (Å²) in [4.78, 5) is 22.5. The second-order valence-corrected chi connectivity index (χ2v) is 7.05. The molecule has 0 radical (unpaired) electrons. The number of nitrogens with zero attached hydrogens (tertiary/aromatic N) is 4. The van der Waals surface area contributed by atoms with Crippen LogP contribution in [-0.2, 0) is 9.53 Å². The van der Waals surface area contributed by atoms with Crippen LogP contribution in [0.1, 0.15) is 19.3 Å². The van der Waals surface area contributed by atoms with Crippen molar-refractivity contribution in [2.24, 2.45) is 5.92 Å². The van der Waals surface area contributed by atoms with Gasteiger partial charge in [0.1, 0.15) is 5.82 Å². The van der Waals surface area contributed by atoms with Crippen molar-refractivity contribution in [2.45, 2.75) is 37.6 Å². The molecule has 1 saturated carbocycles. The van der Waals surface area contributed by atoms with Crippen LogP contribution in [0.15, 0.2) is 18.6 Å². The van der Waals surface area contributed by atoms with Crippen LogP contribution in [0.3, 0.4) is 0 Å². The second-order valence-electron chi connectivity index (χ2n) is 7.05. The molecular formula is C17H23F3N4O3. The van der Waals surface area contributed by atoms with Crippen LogP contribution in [0.2, 0.25) is 0 Å². The molecule has 10 heteroatoms. The molecule has 3 aliphatic rings. The first-order valence-electron chi connectivity index (χ1n) is 9.01. The minimum Gasteiger partial charge on any atom is -0.475 e. The number of ether oxygens (including phenoxy) is 1. The van der Waals surface area contributed by atoms with Gasteiger partial charge in [-0.15, -0.1) is 0 Å². The summed E-state index contributed by atoms with van der Waals surface area (Å²) in [6, 6.07) is 0.445. The highest BCUT2D eigenvalue weighted by atomic mass is 19.4. The fourth-order valence-corrected chi connectivity index (χ4v) is 3.68. The number of alkyl halides is 3. The van der Waals surface area contributed by atoms with E-state index in [1.807, 2.05) is 6.20 Å². The zero-order valence-electron chi connectivity index (χ0n) is 14.8. The molecule has 1 aliphatic carbocycles. The Morgan fingerprint density at radius 1 is 1.30 bits per heavy atom. The number of aliphatic carboxylic acids is 1. The van der Waals surface area contributed by atoms with Crippen molar-refractivity contribution in [1.29, 1.82) is 0 Å². The van der Waals surface area contributed by atoms with Crippen LogP contribution < -0.4 is 4.90 Å². The lowest BCUT2D eigenvalue weighted by atomic mass is 9.85. The van der Waals surface area contributed by atoms with E-state index in [4.69, 9.17) is 14.6 Å². The zero-order valence-corrected chi connectivity index (χ0v) is 14.8. The first kappa shape index (κ1) is 19.8. The Morgan fingerprint density at radius 3 is 2.59 bits per heavy atom. The number of morpholine rings is 1. The third-order valence-electron chi connectivity index (χ3n) is 5.20. The number of rotatable bonds is 3. The maximum Gasteiger partial charge on any atom is 0.490 e. The van der Waals surface area contributed by atoms with Gasteiger partial charge in [-0.05, 0) is 18.8 Å². The van der Waals surface area contributed by atoms with Crippen molar-refractivity contribution < 1.29 is 27.8 Å². The van der Waals surface area contributed by atoms with E-state index in [9.17, 15) is 13.2 Å². The monoisotopic (exact) mass is 388 g/mol. The number of aromatic nitrogens is 2.